The summed E-state index contributed by atoms with van der Waals surface area (Å²) in [5.74, 6) is 0.943. The molecule has 0 radical (unpaired) electrons. The quantitative estimate of drug-likeness (QED) is 0.943. The van der Waals surface area contributed by atoms with Gasteiger partial charge >= 0.3 is 0 Å². The molecule has 5 nitrogen and oxygen atoms in total. The molecule has 0 spiro atoms. The number of nitrogens with one attached hydrogen (secondary N) is 1. The van der Waals surface area contributed by atoms with E-state index in [9.17, 15) is 0 Å². The maximum Gasteiger partial charge on any atom is 0.125 e. The van der Waals surface area contributed by atoms with Crippen LogP contribution < -0.4 is 5.32 Å². The van der Waals surface area contributed by atoms with Crippen molar-refractivity contribution in [2.45, 2.75) is 39.3 Å². The van der Waals surface area contributed by atoms with Crippen molar-refractivity contribution >= 4 is 5.82 Å². The molecule has 0 unspecified atom stereocenters. The molecule has 1 saturated heterocycles. The Kier molecular flexibility index (Phi) is 4.16. The van der Waals surface area contributed by atoms with Gasteiger partial charge < -0.3 is 5.32 Å². The number of rotatable bonds is 4. The van der Waals surface area contributed by atoms with Crippen LogP contribution in [0.5, 0.6) is 0 Å². The molecular weight excluding hydrogens is 274 g/mol. The van der Waals surface area contributed by atoms with Gasteiger partial charge in [-0.25, -0.2) is 4.98 Å². The minimum Gasteiger partial charge on any atom is -0.373 e. The summed E-state index contributed by atoms with van der Waals surface area (Å²) >= 11 is 0. The van der Waals surface area contributed by atoms with Crippen molar-refractivity contribution in [3.63, 3.8) is 0 Å². The van der Waals surface area contributed by atoms with E-state index in [0.717, 1.165) is 24.6 Å². The number of anilines is 1. The van der Waals surface area contributed by atoms with Crippen molar-refractivity contribution in [1.29, 1.82) is 0 Å². The summed E-state index contributed by atoms with van der Waals surface area (Å²) < 4.78 is 1.99. The lowest BCUT2D eigenvalue weighted by Gasteiger charge is -2.25. The first-order valence-electron chi connectivity index (χ1n) is 7.97. The lowest BCUT2D eigenvalue weighted by molar-refractivity contribution is 0.247. The summed E-state index contributed by atoms with van der Waals surface area (Å²) in [6, 6.07) is 4.80. The highest BCUT2D eigenvalue weighted by molar-refractivity contribution is 5.38. The van der Waals surface area contributed by atoms with E-state index in [1.54, 1.807) is 0 Å². The highest BCUT2D eigenvalue weighted by atomic mass is 15.3. The molecule has 1 atom stereocenters. The fourth-order valence-corrected chi connectivity index (χ4v) is 3.43. The Morgan fingerprint density at radius 3 is 2.86 bits per heavy atom. The summed E-state index contributed by atoms with van der Waals surface area (Å²) in [6.45, 7) is 6.40. The largest absolute Gasteiger partial charge is 0.373 e. The van der Waals surface area contributed by atoms with Gasteiger partial charge in [0.05, 0.1) is 5.69 Å². The summed E-state index contributed by atoms with van der Waals surface area (Å²) in [5.41, 5.74) is 5.15. The van der Waals surface area contributed by atoms with Crippen molar-refractivity contribution in [1.82, 2.24) is 19.7 Å². The van der Waals surface area contributed by atoms with E-state index in [2.05, 4.69) is 46.3 Å². The van der Waals surface area contributed by atoms with Crippen LogP contribution in [0.15, 0.2) is 18.3 Å². The van der Waals surface area contributed by atoms with Gasteiger partial charge in [0.1, 0.15) is 5.82 Å². The Hall–Kier alpha value is -1.88. The van der Waals surface area contributed by atoms with Crippen LogP contribution in [-0.2, 0) is 13.6 Å². The fourth-order valence-electron chi connectivity index (χ4n) is 3.43. The van der Waals surface area contributed by atoms with Crippen molar-refractivity contribution in [3.05, 3.63) is 40.8 Å². The van der Waals surface area contributed by atoms with Crippen LogP contribution in [-0.4, -0.2) is 33.3 Å². The lowest BCUT2D eigenvalue weighted by Crippen LogP contribution is -2.23. The predicted molar refractivity (Wildman–Crippen MR) is 88.9 cm³/mol. The first-order chi connectivity index (χ1) is 10.6. The van der Waals surface area contributed by atoms with Crippen molar-refractivity contribution in [2.24, 2.45) is 7.05 Å². The zero-order valence-electron chi connectivity index (χ0n) is 13.9. The Bertz CT molecular complexity index is 661. The third-order valence-corrected chi connectivity index (χ3v) is 4.81. The number of pyridine rings is 1. The van der Waals surface area contributed by atoms with Gasteiger partial charge in [0, 0.05) is 44.1 Å². The van der Waals surface area contributed by atoms with Gasteiger partial charge in [0.15, 0.2) is 0 Å². The van der Waals surface area contributed by atoms with Gasteiger partial charge in [-0.05, 0) is 50.9 Å². The average molecular weight is 299 g/mol. The van der Waals surface area contributed by atoms with Crippen LogP contribution in [0.4, 0.5) is 5.82 Å². The second-order valence-corrected chi connectivity index (χ2v) is 6.13. The first-order valence-corrected chi connectivity index (χ1v) is 7.97. The Labute approximate surface area is 132 Å². The van der Waals surface area contributed by atoms with E-state index in [0.29, 0.717) is 6.04 Å². The summed E-state index contributed by atoms with van der Waals surface area (Å²) in [6.07, 6.45) is 4.37. The van der Waals surface area contributed by atoms with Crippen LogP contribution in [0.3, 0.4) is 0 Å². The first kappa shape index (κ1) is 15.0. The third-order valence-electron chi connectivity index (χ3n) is 4.81. The van der Waals surface area contributed by atoms with Crippen LogP contribution in [0.1, 0.15) is 41.4 Å². The molecule has 118 valence electrons. The van der Waals surface area contributed by atoms with E-state index in [1.165, 1.54) is 29.7 Å². The van der Waals surface area contributed by atoms with E-state index >= 15 is 0 Å². The SMILES string of the molecule is CNc1cc([C@@H]2CCCN2Cc2c(C)nn(C)c2C)ccn1. The second kappa shape index (κ2) is 6.08. The molecular formula is C17H25N5. The topological polar surface area (TPSA) is 46.0 Å². The Balaban J connectivity index is 1.84. The van der Waals surface area contributed by atoms with Crippen molar-refractivity contribution in [2.75, 3.05) is 18.9 Å². The van der Waals surface area contributed by atoms with E-state index in [4.69, 9.17) is 0 Å². The normalized spacial score (nSPS) is 18.8. The number of aryl methyl sites for hydroxylation is 2. The molecule has 1 fully saturated rings. The molecule has 0 aliphatic carbocycles. The van der Waals surface area contributed by atoms with Crippen LogP contribution in [0, 0.1) is 13.8 Å². The molecule has 2 aromatic heterocycles. The zero-order valence-corrected chi connectivity index (χ0v) is 13.9. The average Bonchev–Trinajstić information content (AvgIpc) is 3.08. The van der Waals surface area contributed by atoms with Crippen LogP contribution >= 0.6 is 0 Å². The van der Waals surface area contributed by atoms with Gasteiger partial charge in [0.25, 0.3) is 0 Å². The van der Waals surface area contributed by atoms with E-state index in [1.807, 2.05) is 25.0 Å². The van der Waals surface area contributed by atoms with Gasteiger partial charge in [-0.15, -0.1) is 0 Å². The predicted octanol–water partition coefficient (Wildman–Crippen LogP) is 2.81. The molecule has 2 aromatic rings. The third kappa shape index (κ3) is 2.73. The standard InChI is InChI=1S/C17H25N5/c1-12-15(13(2)21(4)20-12)11-22-9-5-6-16(22)14-7-8-19-17(10-14)18-3/h7-8,10,16H,5-6,9,11H2,1-4H3,(H,18,19)/t16-/m0/s1. The number of hydrogen-bond donors (Lipinski definition) is 1. The second-order valence-electron chi connectivity index (χ2n) is 6.13. The van der Waals surface area contributed by atoms with Gasteiger partial charge in [0.2, 0.25) is 0 Å². The zero-order chi connectivity index (χ0) is 15.7. The van der Waals surface area contributed by atoms with E-state index in [-0.39, 0.29) is 0 Å². The fraction of sp³-hybridized carbons (Fsp3) is 0.529. The summed E-state index contributed by atoms with van der Waals surface area (Å²) in [4.78, 5) is 6.90. The number of likely N-dealkylation sites (tertiary alicyclic amines) is 1. The molecule has 0 amide bonds. The lowest BCUT2D eigenvalue weighted by atomic mass is 10.0. The maximum atomic E-state index is 4.55. The molecule has 22 heavy (non-hydrogen) atoms. The Morgan fingerprint density at radius 1 is 1.36 bits per heavy atom. The monoisotopic (exact) mass is 299 g/mol. The molecule has 3 rings (SSSR count). The van der Waals surface area contributed by atoms with Crippen molar-refractivity contribution in [3.8, 4) is 0 Å². The summed E-state index contributed by atoms with van der Waals surface area (Å²) in [7, 11) is 3.94. The van der Waals surface area contributed by atoms with Gasteiger partial charge in [-0.3, -0.25) is 9.58 Å². The molecule has 5 heteroatoms. The Morgan fingerprint density at radius 2 is 2.18 bits per heavy atom. The number of hydrogen-bond acceptors (Lipinski definition) is 4. The van der Waals surface area contributed by atoms with E-state index < -0.39 is 0 Å². The smallest absolute Gasteiger partial charge is 0.125 e. The minimum atomic E-state index is 0.481. The molecule has 1 N–H and O–H groups in total. The van der Waals surface area contributed by atoms with Gasteiger partial charge in [-0.2, -0.15) is 5.10 Å². The number of aromatic nitrogens is 3. The maximum absolute atomic E-state index is 4.55. The molecule has 1 aliphatic heterocycles. The highest BCUT2D eigenvalue weighted by Crippen LogP contribution is 2.34. The highest BCUT2D eigenvalue weighted by Gasteiger charge is 2.27. The molecule has 3 heterocycles. The van der Waals surface area contributed by atoms with Crippen LogP contribution in [0.2, 0.25) is 0 Å². The van der Waals surface area contributed by atoms with Crippen molar-refractivity contribution < 1.29 is 0 Å². The summed E-state index contributed by atoms with van der Waals surface area (Å²) in [5, 5.41) is 7.68. The van der Waals surface area contributed by atoms with Gasteiger partial charge in [-0.1, -0.05) is 0 Å². The molecule has 0 aromatic carbocycles. The van der Waals surface area contributed by atoms with Crippen LogP contribution in [0.25, 0.3) is 0 Å². The molecule has 0 bridgehead atoms. The molecule has 0 saturated carbocycles. The minimum absolute atomic E-state index is 0.481. The molecule has 1 aliphatic rings. The number of nitrogens with zero attached hydrogens (tertiary/aromatic N) is 4.